The van der Waals surface area contributed by atoms with Crippen molar-refractivity contribution in [1.29, 1.82) is 0 Å². The molecule has 3 rings (SSSR count). The highest BCUT2D eigenvalue weighted by Crippen LogP contribution is 2.11. The largest absolute Gasteiger partial charge is 0.330 e. The van der Waals surface area contributed by atoms with Gasteiger partial charge in [-0.15, -0.1) is 0 Å². The highest BCUT2D eigenvalue weighted by atomic mass is 32.1. The third-order valence-corrected chi connectivity index (χ3v) is 3.23. The molecule has 2 aromatic carbocycles. The van der Waals surface area contributed by atoms with Gasteiger partial charge in [-0.25, -0.2) is 8.78 Å². The Labute approximate surface area is 122 Å². The van der Waals surface area contributed by atoms with E-state index in [1.54, 1.807) is 0 Å². The van der Waals surface area contributed by atoms with Crippen LogP contribution in [0.4, 0.5) is 14.5 Å². The number of aromatic amines is 1. The normalized spacial score (nSPS) is 10.8. The van der Waals surface area contributed by atoms with E-state index in [2.05, 4.69) is 10.4 Å². The molecule has 21 heavy (non-hydrogen) atoms. The van der Waals surface area contributed by atoms with Gasteiger partial charge in [-0.3, -0.25) is 10.2 Å². The summed E-state index contributed by atoms with van der Waals surface area (Å²) in [5, 5.41) is 0.165. The number of benzene rings is 2. The zero-order valence-electron chi connectivity index (χ0n) is 10.6. The van der Waals surface area contributed by atoms with Crippen molar-refractivity contribution in [2.45, 2.75) is 0 Å². The summed E-state index contributed by atoms with van der Waals surface area (Å²) in [7, 11) is 0. The van der Waals surface area contributed by atoms with Gasteiger partial charge in [0.05, 0.1) is 16.6 Å². The molecule has 4 nitrogen and oxygen atoms in total. The molecule has 0 saturated carbocycles. The quantitative estimate of drug-likeness (QED) is 0.715. The third-order valence-electron chi connectivity index (χ3n) is 2.94. The number of aromatic nitrogens is 2. The number of H-pyrrole nitrogens is 1. The number of nitrogens with one attached hydrogen (secondary N) is 2. The number of nitrogens with zero attached hydrogens (tertiary/aromatic N) is 1. The standard InChI is InChI=1S/C14H9F2N3OS/c15-8-1-4-10(5-2-8)18-19-13(20)11-7-9(16)3-6-12(11)17-14(19)21/h1-7,18H,(H,17,21). The van der Waals surface area contributed by atoms with E-state index in [9.17, 15) is 13.6 Å². The average molecular weight is 305 g/mol. The minimum Gasteiger partial charge on any atom is -0.330 e. The van der Waals surface area contributed by atoms with Crippen LogP contribution in [0.15, 0.2) is 47.3 Å². The molecule has 0 aliphatic carbocycles. The van der Waals surface area contributed by atoms with Gasteiger partial charge < -0.3 is 4.98 Å². The minimum absolute atomic E-state index is 0.128. The van der Waals surface area contributed by atoms with Crippen LogP contribution in [0, 0.1) is 16.4 Å². The van der Waals surface area contributed by atoms with Crippen molar-refractivity contribution >= 4 is 28.8 Å². The first-order chi connectivity index (χ1) is 10.0. The van der Waals surface area contributed by atoms with Crippen molar-refractivity contribution in [2.24, 2.45) is 0 Å². The molecule has 0 bridgehead atoms. The van der Waals surface area contributed by atoms with E-state index in [1.807, 2.05) is 0 Å². The van der Waals surface area contributed by atoms with E-state index >= 15 is 0 Å². The second-order valence-corrected chi connectivity index (χ2v) is 4.77. The van der Waals surface area contributed by atoms with Crippen molar-refractivity contribution in [2.75, 3.05) is 5.43 Å². The van der Waals surface area contributed by atoms with Gasteiger partial charge in [0.25, 0.3) is 5.56 Å². The Morgan fingerprint density at radius 3 is 2.43 bits per heavy atom. The summed E-state index contributed by atoms with van der Waals surface area (Å²) in [5.74, 6) is -0.905. The summed E-state index contributed by atoms with van der Waals surface area (Å²) in [4.78, 5) is 15.2. The molecule has 0 amide bonds. The maximum absolute atomic E-state index is 13.3. The van der Waals surface area contributed by atoms with Crippen molar-refractivity contribution in [3.8, 4) is 0 Å². The van der Waals surface area contributed by atoms with Gasteiger partial charge in [0, 0.05) is 0 Å². The van der Waals surface area contributed by atoms with Crippen molar-refractivity contribution in [1.82, 2.24) is 9.66 Å². The predicted octanol–water partition coefficient (Wildman–Crippen LogP) is 3.21. The van der Waals surface area contributed by atoms with E-state index in [0.717, 1.165) is 10.7 Å². The highest BCUT2D eigenvalue weighted by Gasteiger charge is 2.07. The lowest BCUT2D eigenvalue weighted by Gasteiger charge is -2.10. The molecule has 0 saturated heterocycles. The zero-order chi connectivity index (χ0) is 15.0. The molecule has 0 fully saturated rings. The number of halogens is 2. The van der Waals surface area contributed by atoms with Gasteiger partial charge in [-0.2, -0.15) is 4.68 Å². The molecule has 0 atom stereocenters. The second-order valence-electron chi connectivity index (χ2n) is 4.38. The topological polar surface area (TPSA) is 49.8 Å². The number of hydrogen-bond acceptors (Lipinski definition) is 3. The van der Waals surface area contributed by atoms with E-state index in [0.29, 0.717) is 11.2 Å². The van der Waals surface area contributed by atoms with Crippen LogP contribution in [0.2, 0.25) is 0 Å². The van der Waals surface area contributed by atoms with Gasteiger partial charge in [0.2, 0.25) is 0 Å². The van der Waals surface area contributed by atoms with E-state index in [4.69, 9.17) is 12.2 Å². The van der Waals surface area contributed by atoms with E-state index in [-0.39, 0.29) is 10.2 Å². The molecule has 2 N–H and O–H groups in total. The zero-order valence-corrected chi connectivity index (χ0v) is 11.4. The highest BCUT2D eigenvalue weighted by molar-refractivity contribution is 7.71. The Hall–Kier alpha value is -2.54. The molecule has 7 heteroatoms. The lowest BCUT2D eigenvalue weighted by molar-refractivity contribution is 0.627. The molecule has 0 unspecified atom stereocenters. The summed E-state index contributed by atoms with van der Waals surface area (Å²) in [6.07, 6.45) is 0. The molecular weight excluding hydrogens is 296 g/mol. The molecule has 106 valence electrons. The van der Waals surface area contributed by atoms with Crippen LogP contribution in [0.3, 0.4) is 0 Å². The van der Waals surface area contributed by atoms with Crippen LogP contribution >= 0.6 is 12.2 Å². The summed E-state index contributed by atoms with van der Waals surface area (Å²) in [5.41, 5.74) is 3.20. The smallest absolute Gasteiger partial charge is 0.281 e. The van der Waals surface area contributed by atoms with E-state index in [1.165, 1.54) is 36.4 Å². The maximum atomic E-state index is 13.3. The Bertz CT molecular complexity index is 932. The molecule has 1 aromatic heterocycles. The fourth-order valence-electron chi connectivity index (χ4n) is 1.94. The Morgan fingerprint density at radius 1 is 1.05 bits per heavy atom. The van der Waals surface area contributed by atoms with Crippen molar-refractivity contribution in [3.63, 3.8) is 0 Å². The Balaban J connectivity index is 2.16. The number of anilines is 1. The number of fused-ring (bicyclic) bond motifs is 1. The Kier molecular flexibility index (Phi) is 3.26. The van der Waals surface area contributed by atoms with Crippen LogP contribution in [-0.2, 0) is 0 Å². The molecule has 0 aliphatic rings. The molecular formula is C14H9F2N3OS. The second kappa shape index (κ2) is 5.10. The molecule has 0 radical (unpaired) electrons. The summed E-state index contributed by atoms with van der Waals surface area (Å²) in [6, 6.07) is 9.25. The monoisotopic (exact) mass is 305 g/mol. The lowest BCUT2D eigenvalue weighted by Crippen LogP contribution is -2.28. The SMILES string of the molecule is O=c1c2cc(F)ccc2[nH]c(=S)n1Nc1ccc(F)cc1. The third kappa shape index (κ3) is 2.55. The van der Waals surface area contributed by atoms with Gasteiger partial charge in [0.15, 0.2) is 4.77 Å². The fraction of sp³-hybridized carbons (Fsp3) is 0. The number of rotatable bonds is 2. The van der Waals surface area contributed by atoms with E-state index < -0.39 is 17.2 Å². The maximum Gasteiger partial charge on any atom is 0.281 e. The summed E-state index contributed by atoms with van der Waals surface area (Å²) < 4.78 is 27.3. The van der Waals surface area contributed by atoms with Crippen LogP contribution in [0.25, 0.3) is 10.9 Å². The molecule has 1 heterocycles. The van der Waals surface area contributed by atoms with Crippen LogP contribution in [0.1, 0.15) is 0 Å². The van der Waals surface area contributed by atoms with Gasteiger partial charge in [-0.1, -0.05) is 0 Å². The first-order valence-electron chi connectivity index (χ1n) is 6.02. The first kappa shape index (κ1) is 13.4. The van der Waals surface area contributed by atoms with Crippen molar-refractivity contribution < 1.29 is 8.78 Å². The van der Waals surface area contributed by atoms with Crippen LogP contribution in [-0.4, -0.2) is 9.66 Å². The van der Waals surface area contributed by atoms with Crippen LogP contribution in [0.5, 0.6) is 0 Å². The van der Waals surface area contributed by atoms with Gasteiger partial charge >= 0.3 is 0 Å². The minimum atomic E-state index is -0.515. The fourth-order valence-corrected chi connectivity index (χ4v) is 2.18. The molecule has 0 spiro atoms. The molecule has 3 aromatic rings. The predicted molar refractivity (Wildman–Crippen MR) is 78.8 cm³/mol. The first-order valence-corrected chi connectivity index (χ1v) is 6.42. The number of hydrogen-bond donors (Lipinski definition) is 2. The summed E-state index contributed by atoms with van der Waals surface area (Å²) >= 11 is 5.10. The lowest BCUT2D eigenvalue weighted by atomic mass is 10.2. The van der Waals surface area contributed by atoms with Crippen molar-refractivity contribution in [3.05, 3.63) is 69.2 Å². The van der Waals surface area contributed by atoms with Crippen LogP contribution < -0.4 is 11.0 Å². The van der Waals surface area contributed by atoms with Gasteiger partial charge in [-0.05, 0) is 54.7 Å². The molecule has 0 aliphatic heterocycles. The summed E-state index contributed by atoms with van der Waals surface area (Å²) in [6.45, 7) is 0. The average Bonchev–Trinajstić information content (AvgIpc) is 2.46. The van der Waals surface area contributed by atoms with Gasteiger partial charge in [0.1, 0.15) is 11.6 Å². The Morgan fingerprint density at radius 2 is 1.71 bits per heavy atom.